The van der Waals surface area contributed by atoms with Gasteiger partial charge in [-0.1, -0.05) is 13.3 Å². The molecule has 1 saturated carbocycles. The lowest BCUT2D eigenvalue weighted by Gasteiger charge is -2.40. The van der Waals surface area contributed by atoms with Gasteiger partial charge in [0.1, 0.15) is 0 Å². The average molecular weight is 277 g/mol. The molecular formula is C15H23N3O2. The summed E-state index contributed by atoms with van der Waals surface area (Å²) in [7, 11) is 0. The topological polar surface area (TPSA) is 77.1 Å². The van der Waals surface area contributed by atoms with Gasteiger partial charge in [-0.05, 0) is 37.3 Å². The predicted molar refractivity (Wildman–Crippen MR) is 79.6 cm³/mol. The summed E-state index contributed by atoms with van der Waals surface area (Å²) >= 11 is 0. The maximum atomic E-state index is 12.1. The zero-order valence-corrected chi connectivity index (χ0v) is 12.0. The molecule has 1 fully saturated rings. The standard InChI is InChI=1S/C15H23N3O2/c1-2-8-18-10-12(4-5-14(18)20)17-13(19)9-15(11-16)6-3-7-15/h4-5,10H,2-3,6-9,11,16H2,1H3,(H,17,19). The van der Waals surface area contributed by atoms with Crippen molar-refractivity contribution >= 4 is 11.6 Å². The van der Waals surface area contributed by atoms with Gasteiger partial charge >= 0.3 is 0 Å². The number of hydrogen-bond acceptors (Lipinski definition) is 3. The van der Waals surface area contributed by atoms with E-state index in [4.69, 9.17) is 5.73 Å². The van der Waals surface area contributed by atoms with Crippen molar-refractivity contribution in [3.8, 4) is 0 Å². The summed E-state index contributed by atoms with van der Waals surface area (Å²) in [6, 6.07) is 3.15. The molecule has 110 valence electrons. The Morgan fingerprint density at radius 1 is 1.45 bits per heavy atom. The van der Waals surface area contributed by atoms with Crippen molar-refractivity contribution in [2.24, 2.45) is 11.1 Å². The smallest absolute Gasteiger partial charge is 0.250 e. The molecule has 1 amide bonds. The van der Waals surface area contributed by atoms with E-state index in [1.807, 2.05) is 6.92 Å². The van der Waals surface area contributed by atoms with Gasteiger partial charge in [-0.2, -0.15) is 0 Å². The SMILES string of the molecule is CCCn1cc(NC(=O)CC2(CN)CCC2)ccc1=O. The summed E-state index contributed by atoms with van der Waals surface area (Å²) in [5.74, 6) is -0.0168. The number of nitrogens with zero attached hydrogens (tertiary/aromatic N) is 1. The van der Waals surface area contributed by atoms with Crippen LogP contribution < -0.4 is 16.6 Å². The summed E-state index contributed by atoms with van der Waals surface area (Å²) in [5.41, 5.74) is 6.41. The number of nitrogens with two attached hydrogens (primary N) is 1. The molecule has 1 aromatic rings. The van der Waals surface area contributed by atoms with Gasteiger partial charge in [0.05, 0.1) is 5.69 Å². The van der Waals surface area contributed by atoms with Gasteiger partial charge < -0.3 is 15.6 Å². The van der Waals surface area contributed by atoms with Gasteiger partial charge in [0, 0.05) is 25.2 Å². The van der Waals surface area contributed by atoms with E-state index in [9.17, 15) is 9.59 Å². The van der Waals surface area contributed by atoms with E-state index in [2.05, 4.69) is 5.32 Å². The molecule has 0 bridgehead atoms. The molecule has 2 rings (SSSR count). The molecule has 3 N–H and O–H groups in total. The molecule has 0 spiro atoms. The number of pyridine rings is 1. The molecule has 0 aromatic carbocycles. The number of anilines is 1. The number of rotatable bonds is 6. The highest BCUT2D eigenvalue weighted by molar-refractivity contribution is 5.91. The third-order valence-electron chi connectivity index (χ3n) is 4.11. The molecule has 1 aromatic heterocycles. The van der Waals surface area contributed by atoms with Crippen LogP contribution in [0.5, 0.6) is 0 Å². The first-order chi connectivity index (χ1) is 9.58. The van der Waals surface area contributed by atoms with Gasteiger partial charge in [-0.15, -0.1) is 0 Å². The Morgan fingerprint density at radius 2 is 2.20 bits per heavy atom. The quantitative estimate of drug-likeness (QED) is 0.831. The van der Waals surface area contributed by atoms with Gasteiger partial charge in [-0.25, -0.2) is 0 Å². The monoisotopic (exact) mass is 277 g/mol. The Labute approximate surface area is 119 Å². The summed E-state index contributed by atoms with van der Waals surface area (Å²) < 4.78 is 1.62. The highest BCUT2D eigenvalue weighted by atomic mass is 16.1. The van der Waals surface area contributed by atoms with E-state index in [-0.39, 0.29) is 16.9 Å². The average Bonchev–Trinajstić information content (AvgIpc) is 2.38. The van der Waals surface area contributed by atoms with Crippen molar-refractivity contribution in [3.63, 3.8) is 0 Å². The first-order valence-corrected chi connectivity index (χ1v) is 7.29. The molecular weight excluding hydrogens is 254 g/mol. The van der Waals surface area contributed by atoms with E-state index < -0.39 is 0 Å². The fraction of sp³-hybridized carbons (Fsp3) is 0.600. The van der Waals surface area contributed by atoms with Gasteiger partial charge in [-0.3, -0.25) is 9.59 Å². The molecule has 20 heavy (non-hydrogen) atoms. The minimum absolute atomic E-state index is 0.00193. The van der Waals surface area contributed by atoms with Crippen LogP contribution in [0.25, 0.3) is 0 Å². The molecule has 1 aliphatic rings. The van der Waals surface area contributed by atoms with Crippen molar-refractivity contribution in [1.82, 2.24) is 4.57 Å². The van der Waals surface area contributed by atoms with Crippen LogP contribution in [0.4, 0.5) is 5.69 Å². The van der Waals surface area contributed by atoms with Crippen LogP contribution in [0.2, 0.25) is 0 Å². The van der Waals surface area contributed by atoms with E-state index in [1.165, 1.54) is 6.07 Å². The zero-order valence-electron chi connectivity index (χ0n) is 12.0. The fourth-order valence-electron chi connectivity index (χ4n) is 2.70. The molecule has 5 nitrogen and oxygen atoms in total. The van der Waals surface area contributed by atoms with Crippen LogP contribution in [0.1, 0.15) is 39.0 Å². The third kappa shape index (κ3) is 3.28. The predicted octanol–water partition coefficient (Wildman–Crippen LogP) is 1.72. The lowest BCUT2D eigenvalue weighted by molar-refractivity contribution is -0.119. The Balaban J connectivity index is 2.00. The second-order valence-corrected chi connectivity index (χ2v) is 5.73. The van der Waals surface area contributed by atoms with E-state index in [0.717, 1.165) is 25.7 Å². The van der Waals surface area contributed by atoms with Crippen LogP contribution in [0, 0.1) is 5.41 Å². The highest BCUT2D eigenvalue weighted by Gasteiger charge is 2.37. The third-order valence-corrected chi connectivity index (χ3v) is 4.11. The molecule has 0 saturated heterocycles. The fourth-order valence-corrected chi connectivity index (χ4v) is 2.70. The molecule has 0 aliphatic heterocycles. The van der Waals surface area contributed by atoms with Crippen molar-refractivity contribution in [2.75, 3.05) is 11.9 Å². The number of carbonyl (C=O) groups excluding carboxylic acids is 1. The second kappa shape index (κ2) is 6.22. The Morgan fingerprint density at radius 3 is 2.75 bits per heavy atom. The van der Waals surface area contributed by atoms with Crippen LogP contribution >= 0.6 is 0 Å². The maximum Gasteiger partial charge on any atom is 0.250 e. The Hall–Kier alpha value is -1.62. The van der Waals surface area contributed by atoms with E-state index >= 15 is 0 Å². The molecule has 0 radical (unpaired) electrons. The molecule has 1 aliphatic carbocycles. The molecule has 0 unspecified atom stereocenters. The van der Waals surface area contributed by atoms with Crippen molar-refractivity contribution in [2.45, 2.75) is 45.6 Å². The van der Waals surface area contributed by atoms with Crippen LogP contribution in [0.3, 0.4) is 0 Å². The number of hydrogen-bond donors (Lipinski definition) is 2. The van der Waals surface area contributed by atoms with Crippen molar-refractivity contribution < 1.29 is 4.79 Å². The van der Waals surface area contributed by atoms with Gasteiger partial charge in [0.2, 0.25) is 5.91 Å². The van der Waals surface area contributed by atoms with Gasteiger partial charge in [0.15, 0.2) is 0 Å². The summed E-state index contributed by atoms with van der Waals surface area (Å²) in [6.07, 6.45) is 6.29. The molecule has 1 heterocycles. The number of aryl methyl sites for hydroxylation is 1. The van der Waals surface area contributed by atoms with E-state index in [0.29, 0.717) is 25.2 Å². The van der Waals surface area contributed by atoms with Crippen LogP contribution in [-0.2, 0) is 11.3 Å². The second-order valence-electron chi connectivity index (χ2n) is 5.73. The Bertz CT molecular complexity index is 527. The first-order valence-electron chi connectivity index (χ1n) is 7.29. The van der Waals surface area contributed by atoms with Crippen LogP contribution in [0.15, 0.2) is 23.1 Å². The zero-order chi connectivity index (χ0) is 14.6. The minimum Gasteiger partial charge on any atom is -0.330 e. The first kappa shape index (κ1) is 14.8. The largest absolute Gasteiger partial charge is 0.330 e. The highest BCUT2D eigenvalue weighted by Crippen LogP contribution is 2.42. The van der Waals surface area contributed by atoms with E-state index in [1.54, 1.807) is 16.8 Å². The van der Waals surface area contributed by atoms with Crippen LogP contribution in [-0.4, -0.2) is 17.0 Å². The molecule has 5 heteroatoms. The van der Waals surface area contributed by atoms with Gasteiger partial charge in [0.25, 0.3) is 5.56 Å². The maximum absolute atomic E-state index is 12.1. The van der Waals surface area contributed by atoms with Crippen molar-refractivity contribution in [1.29, 1.82) is 0 Å². The summed E-state index contributed by atoms with van der Waals surface area (Å²) in [5, 5.41) is 2.87. The number of nitrogens with one attached hydrogen (secondary N) is 1. The Kier molecular flexibility index (Phi) is 4.60. The normalized spacial score (nSPS) is 16.5. The number of aromatic nitrogens is 1. The minimum atomic E-state index is -0.0396. The lowest BCUT2D eigenvalue weighted by atomic mass is 9.66. The number of amides is 1. The van der Waals surface area contributed by atoms with Crippen molar-refractivity contribution in [3.05, 3.63) is 28.7 Å². The molecule has 0 atom stereocenters. The summed E-state index contributed by atoms with van der Waals surface area (Å²) in [6.45, 7) is 3.24. The lowest BCUT2D eigenvalue weighted by Crippen LogP contribution is -2.40. The number of carbonyl (C=O) groups is 1. The summed E-state index contributed by atoms with van der Waals surface area (Å²) in [4.78, 5) is 23.7.